The fourth-order valence-corrected chi connectivity index (χ4v) is 3.78. The van der Waals surface area contributed by atoms with Crippen molar-refractivity contribution < 1.29 is 9.53 Å². The van der Waals surface area contributed by atoms with E-state index in [0.717, 1.165) is 5.56 Å². The van der Waals surface area contributed by atoms with Gasteiger partial charge in [0.1, 0.15) is 17.3 Å². The molecule has 1 saturated heterocycles. The van der Waals surface area contributed by atoms with Gasteiger partial charge in [-0.2, -0.15) is 0 Å². The van der Waals surface area contributed by atoms with Gasteiger partial charge in [-0.25, -0.2) is 4.98 Å². The molecule has 6 nitrogen and oxygen atoms in total. The predicted octanol–water partition coefficient (Wildman–Crippen LogP) is 2.06. The molecule has 2 aromatic heterocycles. The van der Waals surface area contributed by atoms with Crippen molar-refractivity contribution in [3.05, 3.63) is 64.0 Å². The van der Waals surface area contributed by atoms with Gasteiger partial charge in [0, 0.05) is 6.54 Å². The molecule has 0 saturated carbocycles. The quantitative estimate of drug-likeness (QED) is 0.721. The zero-order chi connectivity index (χ0) is 17.2. The van der Waals surface area contributed by atoms with Crippen molar-refractivity contribution in [1.82, 2.24) is 14.5 Å². The Morgan fingerprint density at radius 3 is 2.96 bits per heavy atom. The number of thiophene rings is 1. The van der Waals surface area contributed by atoms with E-state index in [0.29, 0.717) is 29.9 Å². The van der Waals surface area contributed by atoms with Crippen LogP contribution in [0.15, 0.2) is 52.9 Å². The third-order valence-corrected chi connectivity index (χ3v) is 5.22. The largest absolute Gasteiger partial charge is 0.370 e. The number of amides is 1. The third kappa shape index (κ3) is 3.20. The molecule has 0 radical (unpaired) electrons. The van der Waals surface area contributed by atoms with Crippen molar-refractivity contribution in [3.8, 4) is 0 Å². The summed E-state index contributed by atoms with van der Waals surface area (Å²) in [6.45, 7) is 1.52. The molecule has 1 aliphatic rings. The van der Waals surface area contributed by atoms with E-state index >= 15 is 0 Å². The van der Waals surface area contributed by atoms with Crippen LogP contribution in [0, 0.1) is 0 Å². The Morgan fingerprint density at radius 1 is 1.28 bits per heavy atom. The van der Waals surface area contributed by atoms with Crippen LogP contribution in [0.3, 0.4) is 0 Å². The van der Waals surface area contributed by atoms with Gasteiger partial charge < -0.3 is 9.64 Å². The van der Waals surface area contributed by atoms with Gasteiger partial charge in [-0.1, -0.05) is 30.3 Å². The molecule has 1 aromatic carbocycles. The van der Waals surface area contributed by atoms with Crippen LogP contribution in [0.1, 0.15) is 11.7 Å². The first-order valence-corrected chi connectivity index (χ1v) is 8.97. The lowest BCUT2D eigenvalue weighted by Gasteiger charge is -2.33. The summed E-state index contributed by atoms with van der Waals surface area (Å²) >= 11 is 1.35. The highest BCUT2D eigenvalue weighted by atomic mass is 32.1. The van der Waals surface area contributed by atoms with Gasteiger partial charge in [0.25, 0.3) is 5.56 Å². The number of carbonyl (C=O) groups is 1. The van der Waals surface area contributed by atoms with Gasteiger partial charge in [0.2, 0.25) is 5.91 Å². The Bertz CT molecular complexity index is 951. The highest BCUT2D eigenvalue weighted by Gasteiger charge is 2.25. The second-order valence-electron chi connectivity index (χ2n) is 5.92. The summed E-state index contributed by atoms with van der Waals surface area (Å²) in [5.74, 6) is -0.0935. The topological polar surface area (TPSA) is 64.4 Å². The molecule has 0 aliphatic carbocycles. The maximum atomic E-state index is 12.7. The predicted molar refractivity (Wildman–Crippen MR) is 95.6 cm³/mol. The smallest absolute Gasteiger partial charge is 0.271 e. The van der Waals surface area contributed by atoms with E-state index in [1.807, 2.05) is 35.7 Å². The van der Waals surface area contributed by atoms with Gasteiger partial charge in [-0.3, -0.25) is 14.2 Å². The Kier molecular flexibility index (Phi) is 4.33. The Hall–Kier alpha value is -2.51. The fraction of sp³-hybridized carbons (Fsp3) is 0.278. The Morgan fingerprint density at radius 2 is 2.12 bits per heavy atom. The second-order valence-corrected chi connectivity index (χ2v) is 6.84. The molecule has 0 spiro atoms. The van der Waals surface area contributed by atoms with Gasteiger partial charge in [-0.05, 0) is 17.0 Å². The highest BCUT2D eigenvalue weighted by Crippen LogP contribution is 2.22. The van der Waals surface area contributed by atoms with E-state index < -0.39 is 0 Å². The number of benzene rings is 1. The van der Waals surface area contributed by atoms with Crippen molar-refractivity contribution in [2.75, 3.05) is 19.7 Å². The number of rotatable bonds is 3. The van der Waals surface area contributed by atoms with Crippen molar-refractivity contribution in [3.63, 3.8) is 0 Å². The minimum absolute atomic E-state index is 0.00117. The summed E-state index contributed by atoms with van der Waals surface area (Å²) in [4.78, 5) is 31.1. The molecule has 4 rings (SSSR count). The lowest BCUT2D eigenvalue weighted by Crippen LogP contribution is -2.44. The van der Waals surface area contributed by atoms with Crippen LogP contribution in [-0.4, -0.2) is 40.1 Å². The molecule has 0 bridgehead atoms. The van der Waals surface area contributed by atoms with Crippen molar-refractivity contribution in [1.29, 1.82) is 0 Å². The maximum Gasteiger partial charge on any atom is 0.271 e. The molecule has 7 heteroatoms. The minimum atomic E-state index is -0.166. The van der Waals surface area contributed by atoms with E-state index in [2.05, 4.69) is 4.98 Å². The van der Waals surface area contributed by atoms with Crippen LogP contribution < -0.4 is 5.56 Å². The van der Waals surface area contributed by atoms with Gasteiger partial charge in [0.05, 0.1) is 25.0 Å². The number of hydrogen-bond acceptors (Lipinski definition) is 5. The number of carbonyl (C=O) groups excluding carboxylic acids is 1. The summed E-state index contributed by atoms with van der Waals surface area (Å²) in [6, 6.07) is 11.7. The number of morpholine rings is 1. The lowest BCUT2D eigenvalue weighted by molar-refractivity contribution is -0.139. The molecule has 1 aliphatic heterocycles. The Labute approximate surface area is 148 Å². The standard InChI is InChI=1S/C18H17N3O3S/c22-16(11-21-12-19-14-6-9-25-17(14)18(21)23)20-7-8-24-15(10-20)13-4-2-1-3-5-13/h1-6,9,12,15H,7-8,10-11H2. The van der Waals surface area contributed by atoms with E-state index in [-0.39, 0.29) is 24.1 Å². The lowest BCUT2D eigenvalue weighted by atomic mass is 10.1. The summed E-state index contributed by atoms with van der Waals surface area (Å²) < 4.78 is 7.76. The third-order valence-electron chi connectivity index (χ3n) is 4.33. The fourth-order valence-electron chi connectivity index (χ4n) is 2.98. The summed E-state index contributed by atoms with van der Waals surface area (Å²) in [5, 5.41) is 1.83. The van der Waals surface area contributed by atoms with Gasteiger partial charge >= 0.3 is 0 Å². The van der Waals surface area contributed by atoms with Gasteiger partial charge in [-0.15, -0.1) is 11.3 Å². The summed E-state index contributed by atoms with van der Waals surface area (Å²) in [6.07, 6.45) is 1.32. The average molecular weight is 355 g/mol. The molecule has 3 heterocycles. The summed E-state index contributed by atoms with van der Waals surface area (Å²) in [7, 11) is 0. The number of nitrogens with zero attached hydrogens (tertiary/aromatic N) is 3. The number of hydrogen-bond donors (Lipinski definition) is 0. The molecule has 3 aromatic rings. The van der Waals surface area contributed by atoms with Crippen molar-refractivity contribution >= 4 is 27.5 Å². The van der Waals surface area contributed by atoms with E-state index in [1.54, 1.807) is 11.0 Å². The molecular formula is C18H17N3O3S. The minimum Gasteiger partial charge on any atom is -0.370 e. The number of fused-ring (bicyclic) bond motifs is 1. The number of aromatic nitrogens is 2. The monoisotopic (exact) mass is 355 g/mol. The van der Waals surface area contributed by atoms with Crippen molar-refractivity contribution in [2.24, 2.45) is 0 Å². The number of ether oxygens (including phenoxy) is 1. The summed E-state index contributed by atoms with van der Waals surface area (Å²) in [5.41, 5.74) is 1.56. The molecule has 1 fully saturated rings. The Balaban J connectivity index is 1.50. The SMILES string of the molecule is O=C(Cn1cnc2ccsc2c1=O)N1CCOC(c2ccccc2)C1. The molecule has 1 atom stereocenters. The molecule has 1 amide bonds. The first kappa shape index (κ1) is 16.0. The van der Waals surface area contributed by atoms with Crippen LogP contribution in [-0.2, 0) is 16.1 Å². The van der Waals surface area contributed by atoms with Gasteiger partial charge in [0.15, 0.2) is 0 Å². The highest BCUT2D eigenvalue weighted by molar-refractivity contribution is 7.17. The molecular weight excluding hydrogens is 338 g/mol. The first-order chi connectivity index (χ1) is 12.2. The van der Waals surface area contributed by atoms with E-state index in [4.69, 9.17) is 4.74 Å². The van der Waals surface area contributed by atoms with Crippen LogP contribution >= 0.6 is 11.3 Å². The first-order valence-electron chi connectivity index (χ1n) is 8.09. The van der Waals surface area contributed by atoms with Crippen molar-refractivity contribution in [2.45, 2.75) is 12.6 Å². The molecule has 128 valence electrons. The van der Waals surface area contributed by atoms with Crippen LogP contribution in [0.4, 0.5) is 0 Å². The second kappa shape index (κ2) is 6.78. The van der Waals surface area contributed by atoms with Crippen LogP contribution in [0.2, 0.25) is 0 Å². The maximum absolute atomic E-state index is 12.7. The van der Waals surface area contributed by atoms with Crippen LogP contribution in [0.25, 0.3) is 10.2 Å². The zero-order valence-corrected chi connectivity index (χ0v) is 14.3. The zero-order valence-electron chi connectivity index (χ0n) is 13.5. The molecule has 1 unspecified atom stereocenters. The normalized spacial score (nSPS) is 17.8. The molecule has 0 N–H and O–H groups in total. The average Bonchev–Trinajstić information content (AvgIpc) is 3.14. The van der Waals surface area contributed by atoms with Crippen LogP contribution in [0.5, 0.6) is 0 Å². The van der Waals surface area contributed by atoms with E-state index in [1.165, 1.54) is 22.2 Å². The van der Waals surface area contributed by atoms with E-state index in [9.17, 15) is 9.59 Å². The molecule has 25 heavy (non-hydrogen) atoms.